The van der Waals surface area contributed by atoms with E-state index in [0.29, 0.717) is 0 Å². The fourth-order valence-corrected chi connectivity index (χ4v) is 2.07. The largest absolute Gasteiger partial charge is 0.296 e. The first-order valence-electron chi connectivity index (χ1n) is 4.14. The first-order chi connectivity index (χ1) is 5.29. The van der Waals surface area contributed by atoms with E-state index in [2.05, 4.69) is 5.32 Å². The third kappa shape index (κ3) is 1.82. The number of hydrogen-bond donors (Lipinski definition) is 1. The molecule has 2 aliphatic rings. The van der Waals surface area contributed by atoms with E-state index in [1.807, 2.05) is 0 Å². The molecule has 1 heterocycles. The Hall–Kier alpha value is 0.776. The van der Waals surface area contributed by atoms with Crippen LogP contribution in [0.25, 0.3) is 0 Å². The van der Waals surface area contributed by atoms with Gasteiger partial charge < -0.3 is 0 Å². The van der Waals surface area contributed by atoms with Crippen molar-refractivity contribution in [3.63, 3.8) is 0 Å². The Morgan fingerprint density at radius 1 is 1.00 bits per heavy atom. The minimum Gasteiger partial charge on any atom is -0.296 e. The molecule has 1 saturated heterocycles. The standard InChI is InChI=1S/C8H11NO2.K/c10-7-5-3-1-2-4-6(5)8(11)9-7;/h5-6H,1-4H2,(H,9,10,11);. The number of hydrogen-bond acceptors (Lipinski definition) is 2. The van der Waals surface area contributed by atoms with E-state index in [4.69, 9.17) is 0 Å². The number of fused-ring (bicyclic) bond motifs is 1. The summed E-state index contributed by atoms with van der Waals surface area (Å²) >= 11 is 0. The molecule has 1 aliphatic carbocycles. The van der Waals surface area contributed by atoms with Crippen molar-refractivity contribution in [2.75, 3.05) is 0 Å². The molecule has 12 heavy (non-hydrogen) atoms. The average Bonchev–Trinajstić information content (AvgIpc) is 2.30. The summed E-state index contributed by atoms with van der Waals surface area (Å²) in [5.41, 5.74) is 0. The number of nitrogens with one attached hydrogen (secondary N) is 1. The summed E-state index contributed by atoms with van der Waals surface area (Å²) in [6.07, 6.45) is 4.01. The molecule has 2 fully saturated rings. The van der Waals surface area contributed by atoms with Gasteiger partial charge in [0.05, 0.1) is 0 Å². The van der Waals surface area contributed by atoms with Gasteiger partial charge in [-0.05, 0) is 12.8 Å². The zero-order valence-electron chi connectivity index (χ0n) is 7.30. The van der Waals surface area contributed by atoms with Gasteiger partial charge in [-0.25, -0.2) is 0 Å². The van der Waals surface area contributed by atoms with Crippen molar-refractivity contribution in [2.45, 2.75) is 25.7 Å². The van der Waals surface area contributed by atoms with E-state index in [1.165, 1.54) is 0 Å². The predicted octanol–water partition coefficient (Wildman–Crippen LogP) is 0.0684. The average molecular weight is 192 g/mol. The number of amides is 2. The van der Waals surface area contributed by atoms with Gasteiger partial charge in [0, 0.05) is 63.2 Å². The first kappa shape index (κ1) is 10.9. The van der Waals surface area contributed by atoms with Crippen LogP contribution in [0.5, 0.6) is 0 Å². The summed E-state index contributed by atoms with van der Waals surface area (Å²) < 4.78 is 0. The van der Waals surface area contributed by atoms with Crippen LogP contribution in [0, 0.1) is 11.8 Å². The molecule has 0 bridgehead atoms. The number of rotatable bonds is 0. The molecule has 0 aromatic carbocycles. The van der Waals surface area contributed by atoms with Crippen molar-refractivity contribution in [1.29, 1.82) is 0 Å². The predicted molar refractivity (Wildman–Crippen MR) is 44.4 cm³/mol. The number of carbonyl (C=O) groups is 2. The minimum atomic E-state index is -0.0419. The van der Waals surface area contributed by atoms with Crippen LogP contribution in [0.3, 0.4) is 0 Å². The Morgan fingerprint density at radius 2 is 1.42 bits per heavy atom. The Balaban J connectivity index is 0.000000720. The molecule has 0 spiro atoms. The first-order valence-corrected chi connectivity index (χ1v) is 4.14. The number of carbonyl (C=O) groups excluding carboxylic acids is 2. The van der Waals surface area contributed by atoms with Crippen molar-refractivity contribution in [2.24, 2.45) is 11.8 Å². The van der Waals surface area contributed by atoms with Gasteiger partial charge >= 0.3 is 0 Å². The van der Waals surface area contributed by atoms with Crippen LogP contribution in [0.15, 0.2) is 0 Å². The summed E-state index contributed by atoms with van der Waals surface area (Å²) in [7, 11) is 0. The monoisotopic (exact) mass is 192 g/mol. The third-order valence-corrected chi connectivity index (χ3v) is 2.69. The fraction of sp³-hybridized carbons (Fsp3) is 0.750. The second kappa shape index (κ2) is 4.33. The van der Waals surface area contributed by atoms with Crippen molar-refractivity contribution >= 4 is 63.2 Å². The topological polar surface area (TPSA) is 46.2 Å². The van der Waals surface area contributed by atoms with Gasteiger partial charge in [-0.1, -0.05) is 12.8 Å². The molecule has 1 saturated carbocycles. The zero-order chi connectivity index (χ0) is 7.84. The molecular formula is C8H11KNO2. The molecule has 2 amide bonds. The van der Waals surface area contributed by atoms with Crippen LogP contribution < -0.4 is 5.32 Å². The molecule has 2 rings (SSSR count). The summed E-state index contributed by atoms with van der Waals surface area (Å²) in [5.74, 6) is -0.0631. The fourth-order valence-electron chi connectivity index (χ4n) is 2.07. The maximum atomic E-state index is 11.1. The van der Waals surface area contributed by atoms with Crippen LogP contribution in [0.1, 0.15) is 25.7 Å². The van der Waals surface area contributed by atoms with Gasteiger partial charge in [0.1, 0.15) is 0 Å². The number of imide groups is 1. The van der Waals surface area contributed by atoms with E-state index in [-0.39, 0.29) is 75.0 Å². The molecule has 0 aromatic rings. The molecule has 1 radical (unpaired) electrons. The van der Waals surface area contributed by atoms with E-state index < -0.39 is 0 Å². The molecule has 61 valence electrons. The van der Waals surface area contributed by atoms with Crippen LogP contribution in [-0.2, 0) is 9.59 Å². The van der Waals surface area contributed by atoms with Crippen LogP contribution in [0.2, 0.25) is 0 Å². The van der Waals surface area contributed by atoms with Gasteiger partial charge in [0.25, 0.3) is 0 Å². The normalized spacial score (nSPS) is 33.7. The second-order valence-electron chi connectivity index (χ2n) is 3.35. The van der Waals surface area contributed by atoms with E-state index in [9.17, 15) is 9.59 Å². The van der Waals surface area contributed by atoms with E-state index >= 15 is 0 Å². The smallest absolute Gasteiger partial charge is 0.230 e. The van der Waals surface area contributed by atoms with Crippen LogP contribution in [0.4, 0.5) is 0 Å². The van der Waals surface area contributed by atoms with Gasteiger partial charge in [0.2, 0.25) is 11.8 Å². The van der Waals surface area contributed by atoms with Gasteiger partial charge in [-0.2, -0.15) is 0 Å². The van der Waals surface area contributed by atoms with Crippen LogP contribution in [-0.4, -0.2) is 63.2 Å². The summed E-state index contributed by atoms with van der Waals surface area (Å²) in [5, 5.41) is 2.38. The second-order valence-corrected chi connectivity index (χ2v) is 3.35. The Kier molecular flexibility index (Phi) is 3.91. The summed E-state index contributed by atoms with van der Waals surface area (Å²) in [6.45, 7) is 0. The van der Waals surface area contributed by atoms with Gasteiger partial charge in [-0.3, -0.25) is 14.9 Å². The summed E-state index contributed by atoms with van der Waals surface area (Å²) in [4.78, 5) is 22.2. The molecule has 1 N–H and O–H groups in total. The molecule has 4 heteroatoms. The van der Waals surface area contributed by atoms with Crippen molar-refractivity contribution in [1.82, 2.24) is 5.32 Å². The molecule has 0 aromatic heterocycles. The SMILES string of the molecule is O=C1NC(=O)C2CCCCC12.[K]. The molecule has 3 nitrogen and oxygen atoms in total. The molecule has 2 atom stereocenters. The van der Waals surface area contributed by atoms with Crippen molar-refractivity contribution in [3.05, 3.63) is 0 Å². The quantitative estimate of drug-likeness (QED) is 0.436. The minimum absolute atomic E-state index is 0. The zero-order valence-corrected chi connectivity index (χ0v) is 10.4. The van der Waals surface area contributed by atoms with E-state index in [1.54, 1.807) is 0 Å². The van der Waals surface area contributed by atoms with Crippen molar-refractivity contribution in [3.8, 4) is 0 Å². The van der Waals surface area contributed by atoms with E-state index in [0.717, 1.165) is 25.7 Å². The maximum absolute atomic E-state index is 11.1. The van der Waals surface area contributed by atoms with Crippen molar-refractivity contribution < 1.29 is 9.59 Å². The molecule has 2 unspecified atom stereocenters. The Labute approximate surface area is 114 Å². The van der Waals surface area contributed by atoms with Gasteiger partial charge in [-0.15, -0.1) is 0 Å². The van der Waals surface area contributed by atoms with Crippen LogP contribution >= 0.6 is 0 Å². The summed E-state index contributed by atoms with van der Waals surface area (Å²) in [6, 6.07) is 0. The van der Waals surface area contributed by atoms with Gasteiger partial charge in [0.15, 0.2) is 0 Å². The Bertz CT molecular complexity index is 195. The molecular weight excluding hydrogens is 181 g/mol. The Morgan fingerprint density at radius 3 is 1.83 bits per heavy atom. The third-order valence-electron chi connectivity index (χ3n) is 2.69. The maximum Gasteiger partial charge on any atom is 0.230 e. The molecule has 1 aliphatic heterocycles.